The summed E-state index contributed by atoms with van der Waals surface area (Å²) in [6.45, 7) is 6.28. The zero-order valence-electron chi connectivity index (χ0n) is 21.7. The minimum atomic E-state index is -1.38. The summed E-state index contributed by atoms with van der Waals surface area (Å²) in [4.78, 5) is 52.7. The number of hydrogen-bond donors (Lipinski definition) is 4. The fourth-order valence-electron chi connectivity index (χ4n) is 4.27. The third kappa shape index (κ3) is 9.14. The fraction of sp³-hybridized carbons (Fsp3) is 0.615. The highest BCUT2D eigenvalue weighted by Gasteiger charge is 2.37. The van der Waals surface area contributed by atoms with Crippen LogP contribution in [0.25, 0.3) is 0 Å². The standard InChI is InChI=1S/C26H40N4O6/c1-17-10-12-18(13-11-17)22(23(33)28-19-8-6-5-7-9-19)30(14-15-31)24(34)20(16-21(27)32)29-25(35)36-26(2,3)4/h10-13,19-20,22,31H,5-9,14-16H2,1-4H3,(H2,27,32)(H,28,33)(H,29,35). The molecule has 1 aliphatic carbocycles. The Morgan fingerprint density at radius 2 is 1.72 bits per heavy atom. The lowest BCUT2D eigenvalue weighted by Crippen LogP contribution is -2.55. The number of primary amides is 1. The third-order valence-electron chi connectivity index (χ3n) is 5.92. The van der Waals surface area contributed by atoms with Crippen LogP contribution in [0.3, 0.4) is 0 Å². The minimum Gasteiger partial charge on any atom is -0.444 e. The fourth-order valence-corrected chi connectivity index (χ4v) is 4.27. The van der Waals surface area contributed by atoms with E-state index in [0.29, 0.717) is 5.56 Å². The Morgan fingerprint density at radius 3 is 2.25 bits per heavy atom. The lowest BCUT2D eigenvalue weighted by atomic mass is 9.94. The molecule has 1 saturated carbocycles. The van der Waals surface area contributed by atoms with Crippen molar-refractivity contribution in [3.63, 3.8) is 0 Å². The largest absolute Gasteiger partial charge is 0.444 e. The summed E-state index contributed by atoms with van der Waals surface area (Å²) in [7, 11) is 0. The van der Waals surface area contributed by atoms with E-state index >= 15 is 0 Å². The van der Waals surface area contributed by atoms with Crippen molar-refractivity contribution < 1.29 is 29.0 Å². The molecule has 0 aliphatic heterocycles. The van der Waals surface area contributed by atoms with Gasteiger partial charge in [0, 0.05) is 12.6 Å². The molecule has 1 aromatic carbocycles. The van der Waals surface area contributed by atoms with Gasteiger partial charge in [0.2, 0.25) is 17.7 Å². The van der Waals surface area contributed by atoms with Gasteiger partial charge in [-0.3, -0.25) is 14.4 Å². The predicted octanol–water partition coefficient (Wildman–Crippen LogP) is 2.07. The lowest BCUT2D eigenvalue weighted by Gasteiger charge is -2.35. The molecule has 2 atom stereocenters. The number of carbonyl (C=O) groups is 4. The molecule has 10 heteroatoms. The first-order valence-corrected chi connectivity index (χ1v) is 12.5. The van der Waals surface area contributed by atoms with Crippen molar-refractivity contribution in [2.45, 2.75) is 89.9 Å². The number of rotatable bonds is 10. The van der Waals surface area contributed by atoms with Gasteiger partial charge < -0.3 is 31.1 Å². The van der Waals surface area contributed by atoms with E-state index in [2.05, 4.69) is 10.6 Å². The summed E-state index contributed by atoms with van der Waals surface area (Å²) in [5.74, 6) is -1.92. The van der Waals surface area contributed by atoms with Gasteiger partial charge in [-0.15, -0.1) is 0 Å². The first kappa shape index (κ1) is 29.1. The van der Waals surface area contributed by atoms with E-state index in [0.717, 1.165) is 37.7 Å². The average Bonchev–Trinajstić information content (AvgIpc) is 2.78. The van der Waals surface area contributed by atoms with Crippen LogP contribution < -0.4 is 16.4 Å². The van der Waals surface area contributed by atoms with E-state index in [1.54, 1.807) is 32.9 Å². The van der Waals surface area contributed by atoms with E-state index in [1.807, 2.05) is 19.1 Å². The van der Waals surface area contributed by atoms with E-state index < -0.39 is 48.6 Å². The van der Waals surface area contributed by atoms with Crippen LogP contribution in [0.4, 0.5) is 4.79 Å². The summed E-state index contributed by atoms with van der Waals surface area (Å²) < 4.78 is 5.24. The number of nitrogens with one attached hydrogen (secondary N) is 2. The smallest absolute Gasteiger partial charge is 0.408 e. The molecule has 0 spiro atoms. The normalized spacial score (nSPS) is 15.9. The zero-order valence-corrected chi connectivity index (χ0v) is 21.7. The molecule has 36 heavy (non-hydrogen) atoms. The molecule has 0 bridgehead atoms. The monoisotopic (exact) mass is 504 g/mol. The Balaban J connectivity index is 2.41. The van der Waals surface area contributed by atoms with Gasteiger partial charge in [0.05, 0.1) is 13.0 Å². The first-order valence-electron chi connectivity index (χ1n) is 12.5. The van der Waals surface area contributed by atoms with Crippen LogP contribution >= 0.6 is 0 Å². The van der Waals surface area contributed by atoms with Crippen molar-refractivity contribution in [1.82, 2.24) is 15.5 Å². The van der Waals surface area contributed by atoms with Gasteiger partial charge in [-0.25, -0.2) is 4.79 Å². The summed E-state index contributed by atoms with van der Waals surface area (Å²) >= 11 is 0. The number of hydrogen-bond acceptors (Lipinski definition) is 6. The van der Waals surface area contributed by atoms with Gasteiger partial charge in [-0.05, 0) is 46.1 Å². The molecular weight excluding hydrogens is 464 g/mol. The Labute approximate surface area is 212 Å². The Kier molecular flexibility index (Phi) is 10.7. The lowest BCUT2D eigenvalue weighted by molar-refractivity contribution is -0.144. The molecule has 0 radical (unpaired) electrons. The SMILES string of the molecule is Cc1ccc(C(C(=O)NC2CCCCC2)N(CCO)C(=O)C(CC(N)=O)NC(=O)OC(C)(C)C)cc1. The summed E-state index contributed by atoms with van der Waals surface area (Å²) in [6.07, 6.45) is 3.46. The number of aliphatic hydroxyl groups excluding tert-OH is 1. The van der Waals surface area contributed by atoms with Crippen LogP contribution in [0.1, 0.15) is 76.5 Å². The van der Waals surface area contributed by atoms with Crippen LogP contribution in [-0.4, -0.2) is 64.7 Å². The number of benzene rings is 1. The molecular formula is C26H40N4O6. The van der Waals surface area contributed by atoms with Crippen LogP contribution in [0, 0.1) is 6.92 Å². The number of ether oxygens (including phenoxy) is 1. The second kappa shape index (κ2) is 13.2. The zero-order chi connectivity index (χ0) is 26.9. The van der Waals surface area contributed by atoms with E-state index in [-0.39, 0.29) is 18.5 Å². The molecule has 200 valence electrons. The second-order valence-corrected chi connectivity index (χ2v) is 10.3. The number of aryl methyl sites for hydroxylation is 1. The van der Waals surface area contributed by atoms with Gasteiger partial charge in [-0.1, -0.05) is 49.1 Å². The number of carbonyl (C=O) groups excluding carboxylic acids is 4. The summed E-state index contributed by atoms with van der Waals surface area (Å²) in [5, 5.41) is 15.3. The van der Waals surface area contributed by atoms with Crippen molar-refractivity contribution in [3.05, 3.63) is 35.4 Å². The predicted molar refractivity (Wildman–Crippen MR) is 135 cm³/mol. The maximum absolute atomic E-state index is 13.7. The molecule has 2 unspecified atom stereocenters. The minimum absolute atomic E-state index is 0.00779. The van der Waals surface area contributed by atoms with Crippen LogP contribution in [0.15, 0.2) is 24.3 Å². The Bertz CT molecular complexity index is 906. The van der Waals surface area contributed by atoms with Gasteiger partial charge >= 0.3 is 6.09 Å². The number of nitrogens with zero attached hydrogens (tertiary/aromatic N) is 1. The molecule has 1 aromatic rings. The molecule has 1 fully saturated rings. The summed E-state index contributed by atoms with van der Waals surface area (Å²) in [5.41, 5.74) is 6.05. The van der Waals surface area contributed by atoms with Crippen molar-refractivity contribution in [2.24, 2.45) is 5.73 Å². The second-order valence-electron chi connectivity index (χ2n) is 10.3. The molecule has 4 amide bonds. The van der Waals surface area contributed by atoms with Gasteiger partial charge in [-0.2, -0.15) is 0 Å². The highest BCUT2D eigenvalue weighted by Crippen LogP contribution is 2.25. The Morgan fingerprint density at radius 1 is 1.11 bits per heavy atom. The number of aliphatic hydroxyl groups is 1. The topological polar surface area (TPSA) is 151 Å². The maximum atomic E-state index is 13.7. The molecule has 2 rings (SSSR count). The van der Waals surface area contributed by atoms with E-state index in [4.69, 9.17) is 10.5 Å². The number of alkyl carbamates (subject to hydrolysis) is 1. The van der Waals surface area contributed by atoms with Crippen LogP contribution in [0.2, 0.25) is 0 Å². The average molecular weight is 505 g/mol. The highest BCUT2D eigenvalue weighted by atomic mass is 16.6. The highest BCUT2D eigenvalue weighted by molar-refractivity contribution is 5.94. The van der Waals surface area contributed by atoms with Crippen molar-refractivity contribution in [3.8, 4) is 0 Å². The maximum Gasteiger partial charge on any atom is 0.408 e. The molecule has 0 aromatic heterocycles. The number of nitrogens with two attached hydrogens (primary N) is 1. The van der Waals surface area contributed by atoms with Gasteiger partial charge in [0.25, 0.3) is 0 Å². The van der Waals surface area contributed by atoms with Crippen molar-refractivity contribution >= 4 is 23.8 Å². The molecule has 5 N–H and O–H groups in total. The van der Waals surface area contributed by atoms with Gasteiger partial charge in [0.15, 0.2) is 0 Å². The first-order chi connectivity index (χ1) is 16.9. The van der Waals surface area contributed by atoms with Crippen LogP contribution in [-0.2, 0) is 19.1 Å². The molecule has 1 aliphatic rings. The van der Waals surface area contributed by atoms with Crippen molar-refractivity contribution in [2.75, 3.05) is 13.2 Å². The quantitative estimate of drug-likeness (QED) is 0.383. The van der Waals surface area contributed by atoms with Crippen LogP contribution in [0.5, 0.6) is 0 Å². The van der Waals surface area contributed by atoms with Gasteiger partial charge in [0.1, 0.15) is 17.7 Å². The van der Waals surface area contributed by atoms with E-state index in [1.165, 1.54) is 4.90 Å². The summed E-state index contributed by atoms with van der Waals surface area (Å²) in [6, 6.07) is 4.70. The van der Waals surface area contributed by atoms with E-state index in [9.17, 15) is 24.3 Å². The molecule has 10 nitrogen and oxygen atoms in total. The Hall–Kier alpha value is -3.14. The third-order valence-corrected chi connectivity index (χ3v) is 5.92. The molecule has 0 saturated heterocycles. The van der Waals surface area contributed by atoms with Crippen molar-refractivity contribution in [1.29, 1.82) is 0 Å². The molecule has 0 heterocycles. The number of amides is 4.